The number of nitrogens with one attached hydrogen (secondary N) is 2. The van der Waals surface area contributed by atoms with Crippen molar-refractivity contribution in [2.24, 2.45) is 0 Å². The molecule has 0 aromatic heterocycles. The summed E-state index contributed by atoms with van der Waals surface area (Å²) in [5, 5.41) is 124. The number of anilines is 1. The van der Waals surface area contributed by atoms with Crippen molar-refractivity contribution in [3.8, 4) is 0 Å². The fourth-order valence-electron chi connectivity index (χ4n) is 14.7. The van der Waals surface area contributed by atoms with Gasteiger partial charge in [-0.3, -0.25) is 9.59 Å². The van der Waals surface area contributed by atoms with Crippen LogP contribution in [-0.4, -0.2) is 259 Å². The summed E-state index contributed by atoms with van der Waals surface area (Å²) in [7, 11) is 0. The number of fused-ring (bicyclic) bond motifs is 6. The van der Waals surface area contributed by atoms with Gasteiger partial charge in [0, 0.05) is 67.7 Å². The smallest absolute Gasteiger partial charge is 0.288 e. The topological polar surface area (TPSA) is 361 Å². The van der Waals surface area contributed by atoms with Crippen LogP contribution in [-0.2, 0) is 64.7 Å². The Hall–Kier alpha value is -5.73. The van der Waals surface area contributed by atoms with Gasteiger partial charge in [0.25, 0.3) is 5.91 Å². The van der Waals surface area contributed by atoms with Gasteiger partial charge in [0.2, 0.25) is 17.6 Å². The zero-order valence-electron chi connectivity index (χ0n) is 56.3. The zero-order valence-corrected chi connectivity index (χ0v) is 56.3. The molecule has 0 radical (unpaired) electrons. The number of rotatable bonds is 25. The first-order chi connectivity index (χ1) is 46.4. The van der Waals surface area contributed by atoms with E-state index in [1.165, 1.54) is 5.56 Å². The number of aliphatic hydroxyl groups is 11. The van der Waals surface area contributed by atoms with E-state index in [-0.39, 0.29) is 44.7 Å². The van der Waals surface area contributed by atoms with Crippen LogP contribution in [0.3, 0.4) is 0 Å². The Morgan fingerprint density at radius 3 is 2.00 bits per heavy atom. The van der Waals surface area contributed by atoms with Gasteiger partial charge in [-0.1, -0.05) is 86.7 Å². The number of benzene rings is 3. The fourth-order valence-corrected chi connectivity index (χ4v) is 14.7. The van der Waals surface area contributed by atoms with E-state index >= 15 is 0 Å². The quantitative estimate of drug-likeness (QED) is 0.0324. The van der Waals surface area contributed by atoms with Crippen molar-refractivity contribution in [1.82, 2.24) is 10.6 Å². The number of aryl methyl sites for hydroxylation is 1. The molecule has 25 heteroatoms. The molecule has 3 aromatic rings. The summed E-state index contributed by atoms with van der Waals surface area (Å²) >= 11 is 0. The number of ether oxygens (including phenoxy) is 8. The molecule has 3 aromatic carbocycles. The van der Waals surface area contributed by atoms with Crippen LogP contribution in [0.15, 0.2) is 103 Å². The molecule has 0 spiro atoms. The molecule has 1 aliphatic carbocycles. The molecule has 97 heavy (non-hydrogen) atoms. The molecular formula is C72H99N4O21+. The Kier molecular flexibility index (Phi) is 24.3. The van der Waals surface area contributed by atoms with Gasteiger partial charge in [-0.15, -0.1) is 0 Å². The number of carbonyl (C=O) groups is 2. The van der Waals surface area contributed by atoms with Crippen LogP contribution in [0.4, 0.5) is 11.4 Å². The lowest BCUT2D eigenvalue weighted by Crippen LogP contribution is -2.64. The minimum Gasteiger partial charge on any atom is -0.394 e. The molecule has 7 aliphatic rings. The van der Waals surface area contributed by atoms with Crippen LogP contribution < -0.4 is 15.5 Å². The number of hydrogen-bond acceptors (Lipinski definition) is 22. The predicted octanol–water partition coefficient (Wildman–Crippen LogP) is 1.38. The van der Waals surface area contributed by atoms with Gasteiger partial charge in [0.15, 0.2) is 18.3 Å². The summed E-state index contributed by atoms with van der Waals surface area (Å²) < 4.78 is 48.9. The van der Waals surface area contributed by atoms with Crippen molar-refractivity contribution in [1.29, 1.82) is 0 Å². The largest absolute Gasteiger partial charge is 0.394 e. The fraction of sp³-hybridized carbons (Fsp3) is 0.597. The summed E-state index contributed by atoms with van der Waals surface area (Å²) in [6.07, 6.45) is -3.81. The van der Waals surface area contributed by atoms with Crippen molar-refractivity contribution < 1.29 is 108 Å². The van der Waals surface area contributed by atoms with E-state index in [2.05, 4.69) is 96.4 Å². The van der Waals surface area contributed by atoms with Crippen LogP contribution >= 0.6 is 0 Å². The highest BCUT2D eigenvalue weighted by Crippen LogP contribution is 2.52. The first-order valence-electron chi connectivity index (χ1n) is 33.9. The second-order valence-electron chi connectivity index (χ2n) is 27.3. The molecule has 0 saturated carbocycles. The van der Waals surface area contributed by atoms with E-state index in [4.69, 9.17) is 37.9 Å². The molecule has 6 heterocycles. The Morgan fingerprint density at radius 1 is 0.649 bits per heavy atom. The maximum absolute atomic E-state index is 14.3. The molecule has 0 bridgehead atoms. The Labute approximate surface area is 565 Å². The number of carbonyl (C=O) groups excluding carboxylic acids is 2. The Bertz CT molecular complexity index is 3420. The average molecular weight is 1360 g/mol. The van der Waals surface area contributed by atoms with Crippen LogP contribution in [0.2, 0.25) is 0 Å². The third-order valence-electron chi connectivity index (χ3n) is 20.0. The first kappa shape index (κ1) is 74.0. The standard InChI is InChI=1S/C72H98N4O21/c1-38(67(88)73-30-18-32-90-63-41(4)94-51(36-79)65(62(63)87)96-69-61(86)59(84)58(83)49(34-77)95-69)75-46-28-26-42-20-14-16-22-44(42)54(46)71(5,6)52(75)24-12-10-9-11-13-25-53-72(7,8)55-45-23-17-15-21-43(45)27-29-47(55)76(53)39(2)68(89)74-31-19-33-91-66-57(82)48(80)37-92-70(66)97-64-50(35-78)93-40(3)56(81)60(64)85/h9-13,15-17,21-29,38-41,48-51,56-66,69-70,77-87H,14,18-20,30-37H2,1-8H3,(H-,73,74,88,89)/p+1/t38?,39?,40-,41?,48-,49-,50-,51-,56+,57+,58-,59+,60-,61-,62-,63+,64-,65-,66-,69?,70-/m1/s1. The van der Waals surface area contributed by atoms with Gasteiger partial charge in [0.1, 0.15) is 97.6 Å². The highest BCUT2D eigenvalue weighted by atomic mass is 16.7. The van der Waals surface area contributed by atoms with Crippen molar-refractivity contribution in [2.45, 2.75) is 220 Å². The van der Waals surface area contributed by atoms with E-state index in [0.717, 1.165) is 63.1 Å². The lowest BCUT2D eigenvalue weighted by molar-refractivity contribution is -0.463. The van der Waals surface area contributed by atoms with E-state index in [1.807, 2.05) is 68.5 Å². The third kappa shape index (κ3) is 15.2. The summed E-state index contributed by atoms with van der Waals surface area (Å²) in [4.78, 5) is 30.7. The Morgan fingerprint density at radius 2 is 1.29 bits per heavy atom. The number of amides is 2. The van der Waals surface area contributed by atoms with Crippen molar-refractivity contribution in [3.05, 3.63) is 125 Å². The molecule has 2 amide bonds. The molecule has 4 fully saturated rings. The van der Waals surface area contributed by atoms with Crippen LogP contribution in [0.5, 0.6) is 0 Å². The van der Waals surface area contributed by atoms with Crippen LogP contribution in [0.25, 0.3) is 16.8 Å². The second-order valence-corrected chi connectivity index (χ2v) is 27.3. The molecule has 25 nitrogen and oxygen atoms in total. The monoisotopic (exact) mass is 1360 g/mol. The minimum atomic E-state index is -1.75. The summed E-state index contributed by atoms with van der Waals surface area (Å²) in [6.45, 7) is 14.0. The minimum absolute atomic E-state index is 0.00557. The maximum Gasteiger partial charge on any atom is 0.288 e. The summed E-state index contributed by atoms with van der Waals surface area (Å²) in [5.74, 6) is -0.470. The second kappa shape index (κ2) is 31.9. The molecule has 4 unspecified atom stereocenters. The van der Waals surface area contributed by atoms with E-state index in [1.54, 1.807) is 13.8 Å². The average Bonchev–Trinajstić information content (AvgIpc) is 1.58. The summed E-state index contributed by atoms with van der Waals surface area (Å²) in [6, 6.07) is 15.2. The SMILES string of the molecule is CC1O[C@H](CO)[C@@H](OC2O[C@H](CO)[C@@H](O)[C@H](O)[C@H]2O)[C@H](O)[C@H]1OCCCNC(=O)C(C)N1/C(=C/C=C/C=C/C=C/C2=[N+](C(C)C(=O)NCCCO[C@H]3[C@@H](O[C@H]4[C@H](O)[C@@H](O)[C@@H](C)O[C@@H]4CO)OC[C@@H](O)[C@@H]3O)c3ccc4ccccc4c3C2(C)C)C(C)(C)c2c1ccc1c2C=CCC1. The van der Waals surface area contributed by atoms with E-state index in [0.29, 0.717) is 12.8 Å². The molecule has 6 aliphatic heterocycles. The van der Waals surface area contributed by atoms with E-state index in [9.17, 15) is 65.8 Å². The van der Waals surface area contributed by atoms with Gasteiger partial charge >= 0.3 is 0 Å². The van der Waals surface area contributed by atoms with Crippen LogP contribution in [0, 0.1) is 0 Å². The number of allylic oxidation sites excluding steroid dienone is 9. The predicted molar refractivity (Wildman–Crippen MR) is 356 cm³/mol. The molecule has 10 rings (SSSR count). The van der Waals surface area contributed by atoms with E-state index < -0.39 is 159 Å². The first-order valence-corrected chi connectivity index (χ1v) is 33.9. The lowest BCUT2D eigenvalue weighted by Gasteiger charge is -2.46. The van der Waals surface area contributed by atoms with Crippen molar-refractivity contribution in [3.63, 3.8) is 0 Å². The number of nitrogens with zero attached hydrogens (tertiary/aromatic N) is 2. The highest BCUT2D eigenvalue weighted by molar-refractivity contribution is 6.08. The molecule has 13 N–H and O–H groups in total. The number of hydrogen-bond donors (Lipinski definition) is 13. The van der Waals surface area contributed by atoms with Gasteiger partial charge in [-0.05, 0) is 106 Å². The lowest BCUT2D eigenvalue weighted by atomic mass is 9.78. The van der Waals surface area contributed by atoms with Gasteiger partial charge in [-0.2, -0.15) is 4.58 Å². The molecule has 4 saturated heterocycles. The Balaban J connectivity index is 0.796. The normalized spacial score (nSPS) is 34.2. The molecule has 532 valence electrons. The molecular weight excluding hydrogens is 1260 g/mol. The highest BCUT2D eigenvalue weighted by Gasteiger charge is 2.53. The molecule has 21 atom stereocenters. The van der Waals surface area contributed by atoms with Crippen molar-refractivity contribution in [2.75, 3.05) is 57.6 Å². The summed E-state index contributed by atoms with van der Waals surface area (Å²) in [5.41, 5.74) is 7.20. The van der Waals surface area contributed by atoms with Gasteiger partial charge in [-0.25, -0.2) is 0 Å². The van der Waals surface area contributed by atoms with Crippen molar-refractivity contribution >= 4 is 45.7 Å². The number of aliphatic hydroxyl groups excluding tert-OH is 11. The van der Waals surface area contributed by atoms with Crippen LogP contribution in [0.1, 0.15) is 96.9 Å². The van der Waals surface area contributed by atoms with Gasteiger partial charge < -0.3 is 110 Å². The van der Waals surface area contributed by atoms with Gasteiger partial charge in [0.05, 0.1) is 44.1 Å². The third-order valence-corrected chi connectivity index (χ3v) is 20.0. The zero-order chi connectivity index (χ0) is 69.8. The maximum atomic E-state index is 14.3.